The first kappa shape index (κ1) is 22.7. The summed E-state index contributed by atoms with van der Waals surface area (Å²) in [5.74, 6) is -1.20. The van der Waals surface area contributed by atoms with Crippen molar-refractivity contribution < 1.29 is 14.7 Å². The van der Waals surface area contributed by atoms with Crippen LogP contribution in [0.4, 0.5) is 11.4 Å². The molecule has 6 heteroatoms. The molecule has 0 fully saturated rings. The molecule has 34 heavy (non-hydrogen) atoms. The van der Waals surface area contributed by atoms with Crippen molar-refractivity contribution in [3.05, 3.63) is 107 Å². The number of carbonyl (C=O) groups excluding carboxylic acids is 1. The van der Waals surface area contributed by atoms with Crippen molar-refractivity contribution in [1.82, 2.24) is 0 Å². The summed E-state index contributed by atoms with van der Waals surface area (Å²) < 4.78 is 0. The van der Waals surface area contributed by atoms with Crippen molar-refractivity contribution in [3.8, 4) is 0 Å². The number of anilines is 2. The number of fused-ring (bicyclic) bond motifs is 1. The summed E-state index contributed by atoms with van der Waals surface area (Å²) in [5.41, 5.74) is 4.60. The Labute approximate surface area is 197 Å². The first-order valence-electron chi connectivity index (χ1n) is 10.9. The summed E-state index contributed by atoms with van der Waals surface area (Å²) in [4.78, 5) is 23.7. The minimum atomic E-state index is -1.03. The summed E-state index contributed by atoms with van der Waals surface area (Å²) >= 11 is 0. The van der Waals surface area contributed by atoms with E-state index in [9.17, 15) is 9.59 Å². The number of rotatable bonds is 8. The Bertz CT molecular complexity index is 1380. The predicted molar refractivity (Wildman–Crippen MR) is 136 cm³/mol. The standard InChI is InChI=1S/C28H25N3O3/c1-18-6-13-26(24(14-18)25(29)16-27(32)33)30-17-19-7-11-23(12-8-19)31-28(34)22-10-9-20-4-2-3-5-21(20)15-22/h2-15,29-30H,16-17H2,1H3,(H,31,34)(H,32,33). The number of carboxylic acids is 1. The lowest BCUT2D eigenvalue weighted by Crippen LogP contribution is -2.12. The normalized spacial score (nSPS) is 10.6. The molecule has 0 saturated carbocycles. The average Bonchev–Trinajstić information content (AvgIpc) is 2.83. The van der Waals surface area contributed by atoms with Crippen LogP contribution >= 0.6 is 0 Å². The smallest absolute Gasteiger partial charge is 0.309 e. The van der Waals surface area contributed by atoms with Gasteiger partial charge in [0.25, 0.3) is 5.91 Å². The minimum Gasteiger partial charge on any atom is -0.481 e. The Hall–Kier alpha value is -4.45. The molecular formula is C28H25N3O3. The molecule has 0 atom stereocenters. The van der Waals surface area contributed by atoms with Crippen LogP contribution in [0.1, 0.15) is 33.5 Å². The van der Waals surface area contributed by atoms with Gasteiger partial charge in [-0.25, -0.2) is 0 Å². The maximum Gasteiger partial charge on any atom is 0.309 e. The summed E-state index contributed by atoms with van der Waals surface area (Å²) in [7, 11) is 0. The third-order valence-corrected chi connectivity index (χ3v) is 5.53. The van der Waals surface area contributed by atoms with Gasteiger partial charge in [0.15, 0.2) is 0 Å². The Balaban J connectivity index is 1.41. The van der Waals surface area contributed by atoms with Crippen LogP contribution in [0.25, 0.3) is 10.8 Å². The van der Waals surface area contributed by atoms with E-state index in [0.717, 1.165) is 21.9 Å². The second-order valence-corrected chi connectivity index (χ2v) is 8.16. The van der Waals surface area contributed by atoms with Crippen molar-refractivity contribution in [2.24, 2.45) is 0 Å². The zero-order chi connectivity index (χ0) is 24.1. The van der Waals surface area contributed by atoms with Crippen LogP contribution < -0.4 is 10.6 Å². The van der Waals surface area contributed by atoms with Gasteiger partial charge in [0.05, 0.1) is 12.1 Å². The molecule has 0 unspecified atom stereocenters. The Morgan fingerprint density at radius 1 is 0.882 bits per heavy atom. The molecule has 4 rings (SSSR count). The number of carbonyl (C=O) groups is 2. The average molecular weight is 452 g/mol. The van der Waals surface area contributed by atoms with Crippen LogP contribution in [0.5, 0.6) is 0 Å². The lowest BCUT2D eigenvalue weighted by atomic mass is 10.0. The Morgan fingerprint density at radius 3 is 2.35 bits per heavy atom. The van der Waals surface area contributed by atoms with Gasteiger partial charge in [0.2, 0.25) is 0 Å². The highest BCUT2D eigenvalue weighted by atomic mass is 16.4. The highest BCUT2D eigenvalue weighted by Crippen LogP contribution is 2.21. The van der Waals surface area contributed by atoms with Crippen LogP contribution in [0.15, 0.2) is 84.9 Å². The van der Waals surface area contributed by atoms with E-state index >= 15 is 0 Å². The molecule has 6 nitrogen and oxygen atoms in total. The van der Waals surface area contributed by atoms with E-state index in [-0.39, 0.29) is 18.0 Å². The molecule has 0 aliphatic heterocycles. The lowest BCUT2D eigenvalue weighted by Gasteiger charge is -2.14. The topological polar surface area (TPSA) is 102 Å². The minimum absolute atomic E-state index is 0.0606. The van der Waals surface area contributed by atoms with Gasteiger partial charge in [0, 0.05) is 29.0 Å². The molecule has 0 bridgehead atoms. The fourth-order valence-corrected chi connectivity index (χ4v) is 3.75. The van der Waals surface area contributed by atoms with Gasteiger partial charge in [-0.3, -0.25) is 9.59 Å². The summed E-state index contributed by atoms with van der Waals surface area (Å²) in [6, 6.07) is 26.7. The third-order valence-electron chi connectivity index (χ3n) is 5.53. The maximum absolute atomic E-state index is 12.7. The largest absolute Gasteiger partial charge is 0.481 e. The SMILES string of the molecule is Cc1ccc(NCc2ccc(NC(=O)c3ccc4ccccc4c3)cc2)c(C(=N)CC(=O)O)c1. The van der Waals surface area contributed by atoms with E-state index < -0.39 is 5.97 Å². The summed E-state index contributed by atoms with van der Waals surface area (Å²) in [5, 5.41) is 25.5. The number of nitrogens with one attached hydrogen (secondary N) is 3. The lowest BCUT2D eigenvalue weighted by molar-refractivity contribution is -0.135. The molecule has 4 N–H and O–H groups in total. The first-order valence-corrected chi connectivity index (χ1v) is 10.9. The second-order valence-electron chi connectivity index (χ2n) is 8.16. The Morgan fingerprint density at radius 2 is 1.62 bits per heavy atom. The van der Waals surface area contributed by atoms with Crippen LogP contribution in [-0.2, 0) is 11.3 Å². The highest BCUT2D eigenvalue weighted by molar-refractivity contribution is 6.10. The molecule has 4 aromatic carbocycles. The number of amides is 1. The second kappa shape index (κ2) is 10.0. The zero-order valence-electron chi connectivity index (χ0n) is 18.8. The highest BCUT2D eigenvalue weighted by Gasteiger charge is 2.12. The van der Waals surface area contributed by atoms with Crippen LogP contribution in [0, 0.1) is 12.3 Å². The molecule has 170 valence electrons. The van der Waals surface area contributed by atoms with Gasteiger partial charge in [0.1, 0.15) is 0 Å². The number of carboxylic acid groups (broad SMARTS) is 1. The fourth-order valence-electron chi connectivity index (χ4n) is 3.75. The molecule has 0 saturated heterocycles. The van der Waals surface area contributed by atoms with Crippen LogP contribution in [0.3, 0.4) is 0 Å². The van der Waals surface area contributed by atoms with E-state index in [2.05, 4.69) is 10.6 Å². The number of aliphatic carboxylic acids is 1. The van der Waals surface area contributed by atoms with E-state index in [4.69, 9.17) is 10.5 Å². The van der Waals surface area contributed by atoms with Crippen molar-refractivity contribution >= 4 is 39.7 Å². The maximum atomic E-state index is 12.7. The molecule has 0 heterocycles. The van der Waals surface area contributed by atoms with Crippen molar-refractivity contribution in [2.45, 2.75) is 19.9 Å². The molecular weight excluding hydrogens is 426 g/mol. The number of hydrogen-bond donors (Lipinski definition) is 4. The third kappa shape index (κ3) is 5.48. The van der Waals surface area contributed by atoms with E-state index in [1.807, 2.05) is 91.9 Å². The van der Waals surface area contributed by atoms with Gasteiger partial charge in [-0.1, -0.05) is 54.1 Å². The first-order chi connectivity index (χ1) is 16.4. The summed E-state index contributed by atoms with van der Waals surface area (Å²) in [6.45, 7) is 2.40. The zero-order valence-corrected chi connectivity index (χ0v) is 18.8. The van der Waals surface area contributed by atoms with Gasteiger partial charge >= 0.3 is 5.97 Å². The molecule has 0 spiro atoms. The Kier molecular flexibility index (Phi) is 6.69. The van der Waals surface area contributed by atoms with Crippen molar-refractivity contribution in [1.29, 1.82) is 5.41 Å². The van der Waals surface area contributed by atoms with Gasteiger partial charge in [-0.05, 0) is 59.7 Å². The predicted octanol–water partition coefficient (Wildman–Crippen LogP) is 5.86. The van der Waals surface area contributed by atoms with Crippen molar-refractivity contribution in [2.75, 3.05) is 10.6 Å². The monoisotopic (exact) mass is 451 g/mol. The van der Waals surface area contributed by atoms with Gasteiger partial charge < -0.3 is 21.1 Å². The van der Waals surface area contributed by atoms with Crippen LogP contribution in [-0.4, -0.2) is 22.7 Å². The van der Waals surface area contributed by atoms with Gasteiger partial charge in [-0.2, -0.15) is 0 Å². The van der Waals surface area contributed by atoms with Crippen LogP contribution in [0.2, 0.25) is 0 Å². The van der Waals surface area contributed by atoms with E-state index in [1.54, 1.807) is 0 Å². The van der Waals surface area contributed by atoms with Crippen molar-refractivity contribution in [3.63, 3.8) is 0 Å². The quantitative estimate of drug-likeness (QED) is 0.252. The summed E-state index contributed by atoms with van der Waals surface area (Å²) in [6.07, 6.45) is -0.330. The molecule has 4 aromatic rings. The number of hydrogen-bond acceptors (Lipinski definition) is 4. The molecule has 0 aliphatic carbocycles. The molecule has 0 radical (unpaired) electrons. The fraction of sp³-hybridized carbons (Fsp3) is 0.107. The number of benzene rings is 4. The van der Waals surface area contributed by atoms with Gasteiger partial charge in [-0.15, -0.1) is 0 Å². The molecule has 1 amide bonds. The van der Waals surface area contributed by atoms with E-state index in [0.29, 0.717) is 29.0 Å². The van der Waals surface area contributed by atoms with E-state index in [1.165, 1.54) is 0 Å². The molecule has 0 aliphatic rings. The number of aryl methyl sites for hydroxylation is 1. The molecule has 0 aromatic heterocycles.